The van der Waals surface area contributed by atoms with Crippen LogP contribution in [-0.2, 0) is 0 Å². The average molecular weight is 299 g/mol. The molecule has 0 atom stereocenters. The zero-order valence-corrected chi connectivity index (χ0v) is 11.4. The van der Waals surface area contributed by atoms with Crippen LogP contribution in [0.2, 0.25) is 10.0 Å². The molecule has 19 heavy (non-hydrogen) atoms. The fourth-order valence-corrected chi connectivity index (χ4v) is 2.17. The van der Waals surface area contributed by atoms with Crippen molar-refractivity contribution in [3.63, 3.8) is 0 Å². The van der Waals surface area contributed by atoms with E-state index in [4.69, 9.17) is 27.9 Å². The van der Waals surface area contributed by atoms with E-state index in [0.717, 1.165) is 6.07 Å². The van der Waals surface area contributed by atoms with Crippen LogP contribution in [-0.4, -0.2) is 12.9 Å². The highest BCUT2D eigenvalue weighted by atomic mass is 35.5. The Morgan fingerprint density at radius 3 is 2.47 bits per heavy atom. The van der Waals surface area contributed by atoms with Crippen LogP contribution in [0.4, 0.5) is 4.39 Å². The molecule has 0 aromatic heterocycles. The Morgan fingerprint density at radius 2 is 1.84 bits per heavy atom. The second-order valence-electron chi connectivity index (χ2n) is 3.80. The number of methoxy groups -OCH3 is 1. The monoisotopic (exact) mass is 298 g/mol. The van der Waals surface area contributed by atoms with Crippen LogP contribution in [0.3, 0.4) is 0 Å². The van der Waals surface area contributed by atoms with Gasteiger partial charge in [-0.3, -0.25) is 4.79 Å². The van der Waals surface area contributed by atoms with Crippen LogP contribution in [0.1, 0.15) is 15.9 Å². The van der Waals surface area contributed by atoms with Crippen molar-refractivity contribution in [2.24, 2.45) is 0 Å². The molecular weight excluding hydrogens is 290 g/mol. The van der Waals surface area contributed by atoms with Gasteiger partial charge in [0.05, 0.1) is 17.7 Å². The summed E-state index contributed by atoms with van der Waals surface area (Å²) in [5, 5.41) is 0.636. The highest BCUT2D eigenvalue weighted by molar-refractivity contribution is 6.37. The Morgan fingerprint density at radius 1 is 1.11 bits per heavy atom. The third-order valence-corrected chi connectivity index (χ3v) is 3.13. The molecule has 0 saturated carbocycles. The van der Waals surface area contributed by atoms with Crippen LogP contribution in [0.15, 0.2) is 36.4 Å². The van der Waals surface area contributed by atoms with Crippen LogP contribution in [0.5, 0.6) is 5.75 Å². The summed E-state index contributed by atoms with van der Waals surface area (Å²) >= 11 is 11.7. The summed E-state index contributed by atoms with van der Waals surface area (Å²) in [6, 6.07) is 8.24. The number of halogens is 3. The fraction of sp³-hybridized carbons (Fsp3) is 0.0714. The summed E-state index contributed by atoms with van der Waals surface area (Å²) < 4.78 is 18.3. The molecule has 2 nitrogen and oxygen atoms in total. The molecule has 0 heterocycles. The fourth-order valence-electron chi connectivity index (χ4n) is 1.68. The smallest absolute Gasteiger partial charge is 0.198 e. The van der Waals surface area contributed by atoms with E-state index < -0.39 is 11.6 Å². The van der Waals surface area contributed by atoms with Gasteiger partial charge in [0.1, 0.15) is 11.6 Å². The third-order valence-electron chi connectivity index (χ3n) is 2.58. The molecule has 0 aliphatic rings. The minimum absolute atomic E-state index is 0.117. The average Bonchev–Trinajstić information content (AvgIpc) is 2.38. The number of ketones is 1. The van der Waals surface area contributed by atoms with Gasteiger partial charge in [-0.25, -0.2) is 4.39 Å². The maximum atomic E-state index is 13.3. The second kappa shape index (κ2) is 5.59. The molecule has 0 N–H and O–H groups in total. The standard InChI is InChI=1S/C14H9Cl2FO2/c1-19-13-5-3-9(17)7-11(13)14(18)10-4-2-8(15)6-12(10)16/h2-7H,1H3. The van der Waals surface area contributed by atoms with E-state index in [2.05, 4.69) is 0 Å². The first-order chi connectivity index (χ1) is 9.02. The van der Waals surface area contributed by atoms with E-state index in [1.807, 2.05) is 0 Å². The van der Waals surface area contributed by atoms with Crippen molar-refractivity contribution in [3.8, 4) is 5.75 Å². The van der Waals surface area contributed by atoms with Crippen molar-refractivity contribution in [1.82, 2.24) is 0 Å². The zero-order chi connectivity index (χ0) is 14.0. The molecule has 0 amide bonds. The predicted molar refractivity (Wildman–Crippen MR) is 72.8 cm³/mol. The lowest BCUT2D eigenvalue weighted by molar-refractivity contribution is 0.103. The predicted octanol–water partition coefficient (Wildman–Crippen LogP) is 4.37. The van der Waals surface area contributed by atoms with Crippen molar-refractivity contribution >= 4 is 29.0 Å². The van der Waals surface area contributed by atoms with Crippen molar-refractivity contribution in [2.75, 3.05) is 7.11 Å². The minimum Gasteiger partial charge on any atom is -0.496 e. The topological polar surface area (TPSA) is 26.3 Å². The number of rotatable bonds is 3. The highest BCUT2D eigenvalue weighted by Crippen LogP contribution is 2.27. The van der Waals surface area contributed by atoms with Crippen molar-refractivity contribution in [2.45, 2.75) is 0 Å². The van der Waals surface area contributed by atoms with Crippen molar-refractivity contribution < 1.29 is 13.9 Å². The third kappa shape index (κ3) is 2.88. The Kier molecular flexibility index (Phi) is 4.08. The van der Waals surface area contributed by atoms with E-state index in [1.165, 1.54) is 31.4 Å². The second-order valence-corrected chi connectivity index (χ2v) is 4.64. The SMILES string of the molecule is COc1ccc(F)cc1C(=O)c1ccc(Cl)cc1Cl. The van der Waals surface area contributed by atoms with Crippen LogP contribution in [0.25, 0.3) is 0 Å². The zero-order valence-electron chi connectivity index (χ0n) is 9.91. The molecule has 98 valence electrons. The molecule has 0 fully saturated rings. The van der Waals surface area contributed by atoms with Crippen molar-refractivity contribution in [3.05, 3.63) is 63.4 Å². The van der Waals surface area contributed by atoms with Gasteiger partial charge in [-0.2, -0.15) is 0 Å². The summed E-state index contributed by atoms with van der Waals surface area (Å²) in [7, 11) is 1.41. The van der Waals surface area contributed by atoms with Gasteiger partial charge in [-0.05, 0) is 36.4 Å². The van der Waals surface area contributed by atoms with E-state index >= 15 is 0 Å². The Bertz CT molecular complexity index is 641. The first kappa shape index (κ1) is 13.8. The van der Waals surface area contributed by atoms with Gasteiger partial charge in [0.25, 0.3) is 0 Å². The number of benzene rings is 2. The molecule has 0 saturated heterocycles. The first-order valence-corrected chi connectivity index (χ1v) is 6.12. The van der Waals surface area contributed by atoms with Gasteiger partial charge in [0.2, 0.25) is 0 Å². The molecule has 0 aliphatic heterocycles. The number of hydrogen-bond donors (Lipinski definition) is 0. The highest BCUT2D eigenvalue weighted by Gasteiger charge is 2.18. The van der Waals surface area contributed by atoms with Gasteiger partial charge in [-0.15, -0.1) is 0 Å². The molecule has 5 heteroatoms. The number of ether oxygens (including phenoxy) is 1. The summed E-state index contributed by atoms with van der Waals surface area (Å²) in [6.07, 6.45) is 0. The maximum Gasteiger partial charge on any atom is 0.198 e. The van der Waals surface area contributed by atoms with Crippen LogP contribution < -0.4 is 4.74 Å². The summed E-state index contributed by atoms with van der Waals surface area (Å²) in [4.78, 5) is 12.3. The lowest BCUT2D eigenvalue weighted by atomic mass is 10.0. The van der Waals surface area contributed by atoms with Gasteiger partial charge in [0.15, 0.2) is 5.78 Å². The maximum absolute atomic E-state index is 13.3. The van der Waals surface area contributed by atoms with Gasteiger partial charge >= 0.3 is 0 Å². The Hall–Kier alpha value is -1.58. The molecule has 2 aromatic rings. The number of carbonyl (C=O) groups excluding carboxylic acids is 1. The van der Waals surface area contributed by atoms with Crippen molar-refractivity contribution in [1.29, 1.82) is 0 Å². The Labute approximate surface area is 119 Å². The molecule has 0 spiro atoms. The quantitative estimate of drug-likeness (QED) is 0.787. The molecule has 0 unspecified atom stereocenters. The van der Waals surface area contributed by atoms with E-state index in [1.54, 1.807) is 6.07 Å². The number of hydrogen-bond acceptors (Lipinski definition) is 2. The normalized spacial score (nSPS) is 10.3. The molecular formula is C14H9Cl2FO2. The molecule has 2 aromatic carbocycles. The van der Waals surface area contributed by atoms with Gasteiger partial charge in [-0.1, -0.05) is 23.2 Å². The lowest BCUT2D eigenvalue weighted by Gasteiger charge is -2.09. The van der Waals surface area contributed by atoms with E-state index in [9.17, 15) is 9.18 Å². The van der Waals surface area contributed by atoms with Crippen LogP contribution in [0, 0.1) is 5.82 Å². The minimum atomic E-state index is -0.519. The summed E-state index contributed by atoms with van der Waals surface area (Å²) in [6.45, 7) is 0. The van der Waals surface area contributed by atoms with Gasteiger partial charge in [0, 0.05) is 10.6 Å². The van der Waals surface area contributed by atoms with E-state index in [-0.39, 0.29) is 21.9 Å². The number of carbonyl (C=O) groups is 1. The molecule has 0 aliphatic carbocycles. The first-order valence-electron chi connectivity index (χ1n) is 5.36. The van der Waals surface area contributed by atoms with Gasteiger partial charge < -0.3 is 4.74 Å². The molecule has 0 radical (unpaired) electrons. The molecule has 2 rings (SSSR count). The Balaban J connectivity index is 2.52. The van der Waals surface area contributed by atoms with E-state index in [0.29, 0.717) is 5.02 Å². The van der Waals surface area contributed by atoms with Crippen LogP contribution >= 0.6 is 23.2 Å². The summed E-state index contributed by atoms with van der Waals surface area (Å²) in [5.41, 5.74) is 0.363. The molecule has 0 bridgehead atoms. The lowest BCUT2D eigenvalue weighted by Crippen LogP contribution is -2.05. The summed E-state index contributed by atoms with van der Waals surface area (Å²) in [5.74, 6) is -0.648. The largest absolute Gasteiger partial charge is 0.496 e.